The largest absolute Gasteiger partial charge is 0.370 e. The molecular weight excluding hydrogens is 200 g/mol. The number of ether oxygens (including phenoxy) is 1. The van der Waals surface area contributed by atoms with Crippen LogP contribution in [-0.4, -0.2) is 41.8 Å². The molecule has 1 heterocycles. The van der Waals surface area contributed by atoms with Crippen LogP contribution in [0.25, 0.3) is 0 Å². The summed E-state index contributed by atoms with van der Waals surface area (Å²) in [4.78, 5) is 2.58. The molecule has 1 saturated carbocycles. The Hall–Kier alpha value is -0.120. The predicted molar refractivity (Wildman–Crippen MR) is 66.4 cm³/mol. The van der Waals surface area contributed by atoms with Crippen molar-refractivity contribution in [1.29, 1.82) is 0 Å². The molecule has 0 aromatic heterocycles. The minimum absolute atomic E-state index is 0.0291. The maximum Gasteiger partial charge on any atom is 0.0757 e. The highest BCUT2D eigenvalue weighted by atomic mass is 16.5. The van der Waals surface area contributed by atoms with Crippen LogP contribution in [0.1, 0.15) is 40.5 Å². The number of hydrogen-bond acceptors (Lipinski definition) is 3. The van der Waals surface area contributed by atoms with E-state index in [9.17, 15) is 0 Å². The minimum Gasteiger partial charge on any atom is -0.370 e. The standard InChI is InChI=1S/C13H26N2O/c1-10-5-13(6-10,8-14)15-7-11(2)16-12(3,4)9-15/h10-11H,5-9,14H2,1-4H3. The van der Waals surface area contributed by atoms with Crippen molar-refractivity contribution in [3.8, 4) is 0 Å². The summed E-state index contributed by atoms with van der Waals surface area (Å²) < 4.78 is 5.96. The Morgan fingerprint density at radius 3 is 2.38 bits per heavy atom. The fourth-order valence-electron chi connectivity index (χ4n) is 3.61. The lowest BCUT2D eigenvalue weighted by Crippen LogP contribution is -2.67. The highest BCUT2D eigenvalue weighted by Gasteiger charge is 2.49. The minimum atomic E-state index is -0.0291. The second-order valence-corrected chi connectivity index (χ2v) is 6.51. The maximum atomic E-state index is 6.01. The lowest BCUT2D eigenvalue weighted by Gasteiger charge is -2.57. The molecule has 1 aliphatic heterocycles. The van der Waals surface area contributed by atoms with E-state index in [1.54, 1.807) is 0 Å². The number of rotatable bonds is 2. The molecule has 3 nitrogen and oxygen atoms in total. The van der Waals surface area contributed by atoms with Crippen molar-refractivity contribution in [2.75, 3.05) is 19.6 Å². The Balaban J connectivity index is 2.08. The number of nitrogens with zero attached hydrogens (tertiary/aromatic N) is 1. The summed E-state index contributed by atoms with van der Waals surface area (Å²) in [5.41, 5.74) is 6.26. The summed E-state index contributed by atoms with van der Waals surface area (Å²) in [5.74, 6) is 0.838. The average molecular weight is 226 g/mol. The third-order valence-electron chi connectivity index (χ3n) is 4.08. The van der Waals surface area contributed by atoms with Gasteiger partial charge in [0.1, 0.15) is 0 Å². The third-order valence-corrected chi connectivity index (χ3v) is 4.08. The van der Waals surface area contributed by atoms with Crippen molar-refractivity contribution in [2.45, 2.75) is 57.8 Å². The molecule has 3 heteroatoms. The second kappa shape index (κ2) is 3.97. The van der Waals surface area contributed by atoms with Gasteiger partial charge in [-0.05, 0) is 39.5 Å². The van der Waals surface area contributed by atoms with Crippen LogP contribution in [-0.2, 0) is 4.74 Å². The van der Waals surface area contributed by atoms with E-state index in [0.29, 0.717) is 6.10 Å². The van der Waals surface area contributed by atoms with Gasteiger partial charge < -0.3 is 10.5 Å². The number of morpholine rings is 1. The molecule has 2 N–H and O–H groups in total. The molecule has 1 aliphatic carbocycles. The van der Waals surface area contributed by atoms with E-state index in [1.165, 1.54) is 12.8 Å². The SMILES string of the molecule is CC1CC(CN)(N2CC(C)OC(C)(C)C2)C1. The first-order valence-electron chi connectivity index (χ1n) is 6.50. The highest BCUT2D eigenvalue weighted by Crippen LogP contribution is 2.43. The molecule has 2 aliphatic rings. The van der Waals surface area contributed by atoms with Crippen LogP contribution >= 0.6 is 0 Å². The molecule has 0 radical (unpaired) electrons. The fraction of sp³-hybridized carbons (Fsp3) is 1.00. The van der Waals surface area contributed by atoms with Crippen molar-refractivity contribution in [2.24, 2.45) is 11.7 Å². The average Bonchev–Trinajstić information content (AvgIpc) is 2.09. The summed E-state index contributed by atoms with van der Waals surface area (Å²) in [6.45, 7) is 11.7. The Morgan fingerprint density at radius 1 is 1.31 bits per heavy atom. The van der Waals surface area contributed by atoms with Gasteiger partial charge in [0.05, 0.1) is 11.7 Å². The summed E-state index contributed by atoms with van der Waals surface area (Å²) in [6, 6.07) is 0. The Bertz CT molecular complexity index is 259. The first-order valence-corrected chi connectivity index (χ1v) is 6.50. The molecule has 16 heavy (non-hydrogen) atoms. The van der Waals surface area contributed by atoms with Gasteiger partial charge in [0.15, 0.2) is 0 Å². The molecular formula is C13H26N2O. The van der Waals surface area contributed by atoms with E-state index in [1.807, 2.05) is 0 Å². The molecule has 1 saturated heterocycles. The van der Waals surface area contributed by atoms with E-state index in [2.05, 4.69) is 32.6 Å². The monoisotopic (exact) mass is 226 g/mol. The van der Waals surface area contributed by atoms with Crippen LogP contribution in [0.2, 0.25) is 0 Å². The summed E-state index contributed by atoms with van der Waals surface area (Å²) >= 11 is 0. The van der Waals surface area contributed by atoms with Gasteiger partial charge in [-0.25, -0.2) is 0 Å². The van der Waals surface area contributed by atoms with E-state index in [-0.39, 0.29) is 11.1 Å². The lowest BCUT2D eigenvalue weighted by molar-refractivity contribution is -0.170. The van der Waals surface area contributed by atoms with Crippen LogP contribution in [0.15, 0.2) is 0 Å². The van der Waals surface area contributed by atoms with Crippen molar-refractivity contribution in [1.82, 2.24) is 4.90 Å². The zero-order valence-electron chi connectivity index (χ0n) is 11.1. The lowest BCUT2D eigenvalue weighted by atomic mass is 9.67. The molecule has 0 aromatic carbocycles. The Labute approximate surface area is 99.3 Å². The fourth-order valence-corrected chi connectivity index (χ4v) is 3.61. The summed E-state index contributed by atoms with van der Waals surface area (Å²) in [7, 11) is 0. The molecule has 0 spiro atoms. The Morgan fingerprint density at radius 2 is 1.94 bits per heavy atom. The van der Waals surface area contributed by atoms with Crippen LogP contribution in [0.3, 0.4) is 0 Å². The van der Waals surface area contributed by atoms with Gasteiger partial charge in [0.2, 0.25) is 0 Å². The molecule has 0 amide bonds. The predicted octanol–water partition coefficient (Wildman–Crippen LogP) is 1.61. The third kappa shape index (κ3) is 2.13. The van der Waals surface area contributed by atoms with Crippen molar-refractivity contribution < 1.29 is 4.74 Å². The number of nitrogens with two attached hydrogens (primary N) is 1. The summed E-state index contributed by atoms with van der Waals surface area (Å²) in [5, 5.41) is 0. The molecule has 1 unspecified atom stereocenters. The topological polar surface area (TPSA) is 38.5 Å². The molecule has 0 aromatic rings. The van der Waals surface area contributed by atoms with Crippen LogP contribution in [0.4, 0.5) is 0 Å². The van der Waals surface area contributed by atoms with Crippen LogP contribution in [0, 0.1) is 5.92 Å². The van der Waals surface area contributed by atoms with E-state index in [0.717, 1.165) is 25.6 Å². The van der Waals surface area contributed by atoms with Crippen molar-refractivity contribution >= 4 is 0 Å². The molecule has 94 valence electrons. The normalized spacial score (nSPS) is 44.1. The maximum absolute atomic E-state index is 6.01. The molecule has 2 fully saturated rings. The smallest absolute Gasteiger partial charge is 0.0757 e. The van der Waals surface area contributed by atoms with E-state index in [4.69, 9.17) is 10.5 Å². The first kappa shape index (κ1) is 12.3. The Kier molecular flexibility index (Phi) is 3.06. The van der Waals surface area contributed by atoms with Gasteiger partial charge in [-0.15, -0.1) is 0 Å². The van der Waals surface area contributed by atoms with Crippen molar-refractivity contribution in [3.05, 3.63) is 0 Å². The quantitative estimate of drug-likeness (QED) is 0.777. The zero-order valence-corrected chi connectivity index (χ0v) is 11.1. The molecule has 2 rings (SSSR count). The van der Waals surface area contributed by atoms with Gasteiger partial charge in [-0.1, -0.05) is 6.92 Å². The van der Waals surface area contributed by atoms with Crippen LogP contribution in [0.5, 0.6) is 0 Å². The zero-order chi connectivity index (χ0) is 12.0. The summed E-state index contributed by atoms with van der Waals surface area (Å²) in [6.07, 6.45) is 2.83. The van der Waals surface area contributed by atoms with E-state index >= 15 is 0 Å². The van der Waals surface area contributed by atoms with Crippen LogP contribution < -0.4 is 5.73 Å². The van der Waals surface area contributed by atoms with Gasteiger partial charge in [-0.3, -0.25) is 4.90 Å². The van der Waals surface area contributed by atoms with E-state index < -0.39 is 0 Å². The molecule has 0 bridgehead atoms. The van der Waals surface area contributed by atoms with Gasteiger partial charge in [0, 0.05) is 25.2 Å². The second-order valence-electron chi connectivity index (χ2n) is 6.51. The van der Waals surface area contributed by atoms with Gasteiger partial charge >= 0.3 is 0 Å². The first-order chi connectivity index (χ1) is 7.37. The number of hydrogen-bond donors (Lipinski definition) is 1. The van der Waals surface area contributed by atoms with Gasteiger partial charge in [0.25, 0.3) is 0 Å². The van der Waals surface area contributed by atoms with Gasteiger partial charge in [-0.2, -0.15) is 0 Å². The van der Waals surface area contributed by atoms with Crippen molar-refractivity contribution in [3.63, 3.8) is 0 Å². The highest BCUT2D eigenvalue weighted by molar-refractivity contribution is 5.04. The molecule has 1 atom stereocenters.